The summed E-state index contributed by atoms with van der Waals surface area (Å²) in [4.78, 5) is 14.7. The Labute approximate surface area is 158 Å². The number of nitrogens with one attached hydrogen (secondary N) is 1. The molecule has 1 fully saturated rings. The Morgan fingerprint density at radius 3 is 2.78 bits per heavy atom. The van der Waals surface area contributed by atoms with Crippen LogP contribution in [-0.4, -0.2) is 30.1 Å². The van der Waals surface area contributed by atoms with Crippen LogP contribution in [0.5, 0.6) is 0 Å². The van der Waals surface area contributed by atoms with Gasteiger partial charge in [0.2, 0.25) is 5.91 Å². The van der Waals surface area contributed by atoms with Gasteiger partial charge in [0.05, 0.1) is 0 Å². The van der Waals surface area contributed by atoms with E-state index in [0.29, 0.717) is 19.0 Å². The van der Waals surface area contributed by atoms with Crippen LogP contribution in [-0.2, 0) is 11.3 Å². The van der Waals surface area contributed by atoms with Crippen molar-refractivity contribution in [3.63, 3.8) is 0 Å². The number of aryl methyl sites for hydroxylation is 1. The van der Waals surface area contributed by atoms with Gasteiger partial charge in [0, 0.05) is 36.5 Å². The van der Waals surface area contributed by atoms with Gasteiger partial charge in [0.25, 0.3) is 0 Å². The molecule has 2 aromatic carbocycles. The van der Waals surface area contributed by atoms with E-state index in [9.17, 15) is 9.18 Å². The van der Waals surface area contributed by atoms with Crippen molar-refractivity contribution in [3.8, 4) is 0 Å². The minimum absolute atomic E-state index is 0.0414. The maximum Gasteiger partial charge on any atom is 0.239 e. The summed E-state index contributed by atoms with van der Waals surface area (Å²) in [7, 11) is 0. The molecule has 2 heterocycles. The average molecular weight is 365 g/mol. The number of carbonyl (C=O) groups is 1. The lowest BCUT2D eigenvalue weighted by atomic mass is 10.1. The molecule has 1 unspecified atom stereocenters. The van der Waals surface area contributed by atoms with Gasteiger partial charge in [-0.15, -0.1) is 0 Å². The van der Waals surface area contributed by atoms with E-state index in [4.69, 9.17) is 0 Å². The van der Waals surface area contributed by atoms with Crippen molar-refractivity contribution < 1.29 is 9.18 Å². The first kappa shape index (κ1) is 17.6. The van der Waals surface area contributed by atoms with Crippen LogP contribution in [0.3, 0.4) is 0 Å². The number of anilines is 1. The quantitative estimate of drug-likeness (QED) is 0.748. The number of hydrogen-bond acceptors (Lipinski definition) is 2. The fraction of sp³-hybridized carbons (Fsp3) is 0.318. The Bertz CT molecular complexity index is 948. The molecule has 1 amide bonds. The Balaban J connectivity index is 1.32. The summed E-state index contributed by atoms with van der Waals surface area (Å²) in [6, 6.07) is 16.9. The highest BCUT2D eigenvalue weighted by Crippen LogP contribution is 2.24. The van der Waals surface area contributed by atoms with E-state index in [1.165, 1.54) is 12.1 Å². The van der Waals surface area contributed by atoms with Gasteiger partial charge in [0.15, 0.2) is 0 Å². The summed E-state index contributed by atoms with van der Waals surface area (Å²) in [6.07, 6.45) is 1.03. The van der Waals surface area contributed by atoms with Crippen molar-refractivity contribution in [1.29, 1.82) is 0 Å². The molecule has 0 bridgehead atoms. The molecule has 0 spiro atoms. The second kappa shape index (κ2) is 7.43. The summed E-state index contributed by atoms with van der Waals surface area (Å²) in [5.74, 6) is 0.246. The molecule has 3 aromatic rings. The highest BCUT2D eigenvalue weighted by atomic mass is 19.1. The van der Waals surface area contributed by atoms with Crippen LogP contribution in [0.4, 0.5) is 10.1 Å². The number of nitrogens with zero attached hydrogens (tertiary/aromatic N) is 2. The maximum absolute atomic E-state index is 13.1. The molecule has 1 aliphatic heterocycles. The summed E-state index contributed by atoms with van der Waals surface area (Å²) in [6.45, 7) is 4.87. The normalized spacial score (nSPS) is 16.8. The third-order valence-electron chi connectivity index (χ3n) is 5.38. The number of amides is 1. The first-order valence-corrected chi connectivity index (χ1v) is 9.42. The number of para-hydroxylation sites is 1. The zero-order valence-corrected chi connectivity index (χ0v) is 15.5. The molecule has 1 saturated heterocycles. The summed E-state index contributed by atoms with van der Waals surface area (Å²) in [5.41, 5.74) is 3.22. The van der Waals surface area contributed by atoms with Gasteiger partial charge in [-0.1, -0.05) is 18.2 Å². The zero-order chi connectivity index (χ0) is 18.8. The number of rotatable bonds is 5. The van der Waals surface area contributed by atoms with Crippen molar-refractivity contribution in [2.24, 2.45) is 5.92 Å². The molecule has 4 rings (SSSR count). The monoisotopic (exact) mass is 365 g/mol. The van der Waals surface area contributed by atoms with Crippen LogP contribution in [0.2, 0.25) is 0 Å². The van der Waals surface area contributed by atoms with Crippen LogP contribution >= 0.6 is 0 Å². The molecule has 1 atom stereocenters. The highest BCUT2D eigenvalue weighted by molar-refractivity contribution is 5.84. The Kier molecular flexibility index (Phi) is 4.84. The lowest BCUT2D eigenvalue weighted by molar-refractivity contribution is -0.121. The minimum Gasteiger partial charge on any atom is -0.371 e. The van der Waals surface area contributed by atoms with Crippen molar-refractivity contribution in [3.05, 3.63) is 66.1 Å². The van der Waals surface area contributed by atoms with Gasteiger partial charge in [-0.3, -0.25) is 4.79 Å². The number of benzene rings is 2. The first-order valence-electron chi connectivity index (χ1n) is 9.42. The largest absolute Gasteiger partial charge is 0.371 e. The Hall–Kier alpha value is -2.82. The van der Waals surface area contributed by atoms with E-state index < -0.39 is 0 Å². The topological polar surface area (TPSA) is 37.3 Å². The van der Waals surface area contributed by atoms with Crippen molar-refractivity contribution >= 4 is 22.5 Å². The number of fused-ring (bicyclic) bond motifs is 1. The van der Waals surface area contributed by atoms with Crippen molar-refractivity contribution in [1.82, 2.24) is 9.88 Å². The van der Waals surface area contributed by atoms with E-state index in [1.54, 1.807) is 0 Å². The summed E-state index contributed by atoms with van der Waals surface area (Å²) >= 11 is 0. The average Bonchev–Trinajstić information content (AvgIpc) is 3.26. The lowest BCUT2D eigenvalue weighted by Gasteiger charge is -2.19. The van der Waals surface area contributed by atoms with Gasteiger partial charge < -0.3 is 14.8 Å². The van der Waals surface area contributed by atoms with E-state index >= 15 is 0 Å². The van der Waals surface area contributed by atoms with Crippen LogP contribution in [0.1, 0.15) is 12.1 Å². The molecule has 0 saturated carbocycles. The van der Waals surface area contributed by atoms with E-state index in [1.807, 2.05) is 37.3 Å². The molecular weight excluding hydrogens is 341 g/mol. The lowest BCUT2D eigenvalue weighted by Crippen LogP contribution is -2.33. The van der Waals surface area contributed by atoms with Crippen molar-refractivity contribution in [2.45, 2.75) is 19.9 Å². The second-order valence-electron chi connectivity index (χ2n) is 7.31. The maximum atomic E-state index is 13.1. The molecule has 0 radical (unpaired) electrons. The first-order chi connectivity index (χ1) is 13.1. The van der Waals surface area contributed by atoms with Gasteiger partial charge in [0.1, 0.15) is 12.4 Å². The zero-order valence-electron chi connectivity index (χ0n) is 15.5. The predicted molar refractivity (Wildman–Crippen MR) is 106 cm³/mol. The van der Waals surface area contributed by atoms with Gasteiger partial charge >= 0.3 is 0 Å². The standard InChI is InChI=1S/C22H24FN3O/c1-16-12-18-4-2-3-5-21(18)26(16)15-22(27)24-13-17-10-11-25(14-17)20-8-6-19(23)7-9-20/h2-9,12,17H,10-11,13-15H2,1H3,(H,24,27). The molecule has 4 nitrogen and oxygen atoms in total. The fourth-order valence-electron chi connectivity index (χ4n) is 3.90. The molecule has 1 aromatic heterocycles. The molecule has 140 valence electrons. The minimum atomic E-state index is -0.213. The van der Waals surface area contributed by atoms with Gasteiger partial charge in [-0.25, -0.2) is 4.39 Å². The third kappa shape index (κ3) is 3.82. The number of hydrogen-bond donors (Lipinski definition) is 1. The Morgan fingerprint density at radius 1 is 1.19 bits per heavy atom. The molecule has 0 aliphatic carbocycles. The molecular formula is C22H24FN3O. The third-order valence-corrected chi connectivity index (χ3v) is 5.38. The number of aromatic nitrogens is 1. The van der Waals surface area contributed by atoms with Crippen LogP contribution in [0, 0.1) is 18.7 Å². The summed E-state index contributed by atoms with van der Waals surface area (Å²) in [5, 5.41) is 4.25. The van der Waals surface area contributed by atoms with E-state index in [-0.39, 0.29) is 11.7 Å². The van der Waals surface area contributed by atoms with Gasteiger partial charge in [-0.2, -0.15) is 0 Å². The van der Waals surface area contributed by atoms with Gasteiger partial charge in [-0.05, 0) is 61.0 Å². The number of carbonyl (C=O) groups excluding carboxylic acids is 1. The van der Waals surface area contributed by atoms with Crippen LogP contribution < -0.4 is 10.2 Å². The Morgan fingerprint density at radius 2 is 1.96 bits per heavy atom. The summed E-state index contributed by atoms with van der Waals surface area (Å²) < 4.78 is 15.1. The molecule has 1 aliphatic rings. The number of halogens is 1. The second-order valence-corrected chi connectivity index (χ2v) is 7.31. The van der Waals surface area contributed by atoms with Crippen LogP contribution in [0.25, 0.3) is 10.9 Å². The van der Waals surface area contributed by atoms with Crippen LogP contribution in [0.15, 0.2) is 54.6 Å². The predicted octanol–water partition coefficient (Wildman–Crippen LogP) is 3.73. The fourth-order valence-corrected chi connectivity index (χ4v) is 3.90. The van der Waals surface area contributed by atoms with E-state index in [0.717, 1.165) is 41.8 Å². The smallest absolute Gasteiger partial charge is 0.239 e. The SMILES string of the molecule is Cc1cc2ccccc2n1CC(=O)NCC1CCN(c2ccc(F)cc2)C1. The molecule has 5 heteroatoms. The highest BCUT2D eigenvalue weighted by Gasteiger charge is 2.23. The molecule has 1 N–H and O–H groups in total. The van der Waals surface area contributed by atoms with E-state index in [2.05, 4.69) is 26.9 Å². The van der Waals surface area contributed by atoms with Crippen molar-refractivity contribution in [2.75, 3.05) is 24.5 Å². The molecule has 27 heavy (non-hydrogen) atoms.